The van der Waals surface area contributed by atoms with E-state index in [1.165, 1.54) is 0 Å². The zero-order valence-corrected chi connectivity index (χ0v) is 23.6. The number of thioether (sulfide) groups is 2. The van der Waals surface area contributed by atoms with Crippen molar-refractivity contribution in [3.63, 3.8) is 0 Å². The van der Waals surface area contributed by atoms with Gasteiger partial charge in [-0.1, -0.05) is 7.43 Å². The fourth-order valence-electron chi connectivity index (χ4n) is 2.65. The molecular weight excluding hydrogens is 554 g/mol. The molecule has 0 aliphatic rings. The van der Waals surface area contributed by atoms with Crippen LogP contribution in [0.25, 0.3) is 22.9 Å². The highest BCUT2D eigenvalue weighted by atomic mass is 32.2. The summed E-state index contributed by atoms with van der Waals surface area (Å²) in [6, 6.07) is 7.08. The third-order valence-electron chi connectivity index (χ3n) is 4.43. The topological polar surface area (TPSA) is 173 Å². The molecule has 40 heavy (non-hydrogen) atoms. The minimum atomic E-state index is -0.620. The molecule has 0 unspecified atom stereocenters. The van der Waals surface area contributed by atoms with E-state index in [1.54, 1.807) is 73.4 Å². The van der Waals surface area contributed by atoms with Gasteiger partial charge in [0.05, 0.1) is 17.7 Å². The molecule has 4 aromatic heterocycles. The highest BCUT2D eigenvalue weighted by Gasteiger charge is 2.17. The van der Waals surface area contributed by atoms with Gasteiger partial charge < -0.3 is 19.3 Å². The predicted octanol–water partition coefficient (Wildman–Crippen LogP) is 4.71. The third kappa shape index (κ3) is 12.1. The summed E-state index contributed by atoms with van der Waals surface area (Å²) in [4.78, 5) is 30.9. The summed E-state index contributed by atoms with van der Waals surface area (Å²) in [7, 11) is 0. The summed E-state index contributed by atoms with van der Waals surface area (Å²) in [6.07, 6.45) is 11.8. The molecule has 0 saturated carbocycles. The van der Waals surface area contributed by atoms with Crippen molar-refractivity contribution in [3.05, 3.63) is 60.8 Å². The Bertz CT molecular complexity index is 1240. The SMILES string of the molecule is C.CCOC(=O)c1nnc(-c2cccnc2)o1.CSCCCC(=O)c1nnc(-c2cccnc2)o1.CSCCN. The maximum Gasteiger partial charge on any atom is 0.396 e. The Morgan fingerprint density at radius 2 is 1.43 bits per heavy atom. The number of esters is 1. The Labute approximate surface area is 242 Å². The number of aromatic nitrogens is 6. The number of Topliss-reactive ketones (excluding diaryl/α,β-unsaturated/α-hetero) is 1. The number of carbonyl (C=O) groups excluding carboxylic acids is 2. The standard InChI is InChI=1S/C12H13N3O2S.C10H9N3O3.C3H9NS.CH4/c1-18-7-3-5-10(16)12-15-14-11(17-12)9-4-2-6-13-8-9;1-2-15-10(14)9-13-12-8(16-9)7-4-3-5-11-6-7;1-5-3-2-4;/h2,4,6,8H,3,5,7H2,1H3;3-6H,2H2,1H3;2-4H2,1H3;1H4. The average molecular weight is 590 g/mol. The van der Waals surface area contributed by atoms with Crippen molar-refractivity contribution in [1.82, 2.24) is 30.4 Å². The van der Waals surface area contributed by atoms with Gasteiger partial charge in [0.2, 0.25) is 17.6 Å². The van der Waals surface area contributed by atoms with Crippen molar-refractivity contribution in [2.75, 3.05) is 37.2 Å². The van der Waals surface area contributed by atoms with Gasteiger partial charge in [-0.15, -0.1) is 20.4 Å². The molecule has 12 nitrogen and oxygen atoms in total. The molecule has 0 atom stereocenters. The first-order valence-electron chi connectivity index (χ1n) is 11.9. The summed E-state index contributed by atoms with van der Waals surface area (Å²) in [6.45, 7) is 2.78. The molecule has 0 saturated heterocycles. The van der Waals surface area contributed by atoms with Crippen molar-refractivity contribution in [2.45, 2.75) is 27.2 Å². The van der Waals surface area contributed by atoms with E-state index < -0.39 is 5.97 Å². The highest BCUT2D eigenvalue weighted by Crippen LogP contribution is 2.17. The smallest absolute Gasteiger partial charge is 0.396 e. The second-order valence-electron chi connectivity index (χ2n) is 7.33. The zero-order valence-electron chi connectivity index (χ0n) is 22.0. The van der Waals surface area contributed by atoms with Crippen LogP contribution in [0.3, 0.4) is 0 Å². The van der Waals surface area contributed by atoms with E-state index in [0.717, 1.165) is 24.5 Å². The molecule has 0 bridgehead atoms. The van der Waals surface area contributed by atoms with Crippen LogP contribution < -0.4 is 5.73 Å². The number of nitrogens with zero attached hydrogens (tertiary/aromatic N) is 6. The number of nitrogens with two attached hydrogens (primary N) is 1. The largest absolute Gasteiger partial charge is 0.459 e. The Balaban J connectivity index is 0.000000337. The van der Waals surface area contributed by atoms with Crippen LogP contribution >= 0.6 is 23.5 Å². The molecule has 14 heteroatoms. The van der Waals surface area contributed by atoms with E-state index in [4.69, 9.17) is 19.3 Å². The molecule has 4 aromatic rings. The van der Waals surface area contributed by atoms with Gasteiger partial charge >= 0.3 is 11.9 Å². The summed E-state index contributed by atoms with van der Waals surface area (Å²) >= 11 is 3.49. The van der Waals surface area contributed by atoms with E-state index in [9.17, 15) is 9.59 Å². The molecule has 4 heterocycles. The number of hydrogen-bond donors (Lipinski definition) is 1. The number of carbonyl (C=O) groups is 2. The predicted molar refractivity (Wildman–Crippen MR) is 157 cm³/mol. The first-order chi connectivity index (χ1) is 19.0. The molecule has 0 aliphatic heterocycles. The number of hydrogen-bond acceptors (Lipinski definition) is 14. The second-order valence-corrected chi connectivity index (χ2v) is 9.30. The summed E-state index contributed by atoms with van der Waals surface area (Å²) in [5.41, 5.74) is 6.49. The Morgan fingerprint density at radius 3 is 1.88 bits per heavy atom. The first-order valence-corrected chi connectivity index (χ1v) is 14.7. The van der Waals surface area contributed by atoms with Gasteiger partial charge in [0.15, 0.2) is 0 Å². The van der Waals surface area contributed by atoms with Gasteiger partial charge in [0.25, 0.3) is 5.89 Å². The zero-order chi connectivity index (χ0) is 28.3. The number of pyridine rings is 2. The fourth-order valence-corrected chi connectivity index (χ4v) is 3.32. The molecule has 0 amide bonds. The van der Waals surface area contributed by atoms with E-state index >= 15 is 0 Å². The Kier molecular flexibility index (Phi) is 17.5. The van der Waals surface area contributed by atoms with Gasteiger partial charge in [-0.2, -0.15) is 23.5 Å². The van der Waals surface area contributed by atoms with E-state index in [1.807, 2.05) is 18.6 Å². The van der Waals surface area contributed by atoms with Gasteiger partial charge in [-0.05, 0) is 55.9 Å². The third-order valence-corrected chi connectivity index (χ3v) is 5.77. The number of ketones is 1. The maximum absolute atomic E-state index is 11.7. The van der Waals surface area contributed by atoms with E-state index in [-0.39, 0.29) is 37.5 Å². The van der Waals surface area contributed by atoms with E-state index in [0.29, 0.717) is 23.4 Å². The number of ether oxygens (including phenoxy) is 1. The summed E-state index contributed by atoms with van der Waals surface area (Å²) in [5.74, 6) is 1.81. The van der Waals surface area contributed by atoms with Crippen molar-refractivity contribution >= 4 is 35.3 Å². The molecule has 2 N–H and O–H groups in total. The summed E-state index contributed by atoms with van der Waals surface area (Å²) in [5, 5.41) is 14.9. The first kappa shape index (κ1) is 34.4. The van der Waals surface area contributed by atoms with Crippen molar-refractivity contribution in [2.24, 2.45) is 5.73 Å². The van der Waals surface area contributed by atoms with E-state index in [2.05, 4.69) is 30.4 Å². The lowest BCUT2D eigenvalue weighted by molar-refractivity contribution is 0.0481. The monoisotopic (exact) mass is 589 g/mol. The van der Waals surface area contributed by atoms with Crippen molar-refractivity contribution < 1.29 is 23.2 Å². The van der Waals surface area contributed by atoms with Gasteiger partial charge in [-0.3, -0.25) is 14.8 Å². The van der Waals surface area contributed by atoms with Crippen LogP contribution in [0.5, 0.6) is 0 Å². The van der Waals surface area contributed by atoms with Crippen molar-refractivity contribution in [3.8, 4) is 22.9 Å². The lowest BCUT2D eigenvalue weighted by Gasteiger charge is -1.94. The van der Waals surface area contributed by atoms with Crippen molar-refractivity contribution in [1.29, 1.82) is 0 Å². The summed E-state index contributed by atoms with van der Waals surface area (Å²) < 4.78 is 15.2. The van der Waals surface area contributed by atoms with Crippen LogP contribution in [0.1, 0.15) is 48.6 Å². The lowest BCUT2D eigenvalue weighted by atomic mass is 10.2. The molecule has 0 fully saturated rings. The fraction of sp³-hybridized carbons (Fsp3) is 0.385. The molecule has 0 spiro atoms. The average Bonchev–Trinajstić information content (AvgIpc) is 3.67. The Hall–Kier alpha value is -3.62. The van der Waals surface area contributed by atoms with Gasteiger partial charge in [0, 0.05) is 43.5 Å². The minimum Gasteiger partial charge on any atom is -0.459 e. The second kappa shape index (κ2) is 20.3. The van der Waals surface area contributed by atoms with Crippen LogP contribution in [-0.4, -0.2) is 79.3 Å². The molecule has 0 aliphatic carbocycles. The van der Waals surface area contributed by atoms with Crippen LogP contribution in [0.15, 0.2) is 57.9 Å². The molecule has 4 rings (SSSR count). The quantitative estimate of drug-likeness (QED) is 0.145. The molecular formula is C26H35N7O5S2. The van der Waals surface area contributed by atoms with Crippen LogP contribution in [0.4, 0.5) is 0 Å². The van der Waals surface area contributed by atoms with Gasteiger partial charge in [0.1, 0.15) is 0 Å². The van der Waals surface area contributed by atoms with Crippen LogP contribution in [0.2, 0.25) is 0 Å². The molecule has 216 valence electrons. The minimum absolute atomic E-state index is 0. The molecule has 0 radical (unpaired) electrons. The normalized spacial score (nSPS) is 9.80. The highest BCUT2D eigenvalue weighted by molar-refractivity contribution is 7.98. The van der Waals surface area contributed by atoms with Crippen LogP contribution in [-0.2, 0) is 4.74 Å². The Morgan fingerprint density at radius 1 is 0.875 bits per heavy atom. The number of rotatable bonds is 11. The molecule has 0 aromatic carbocycles. The van der Waals surface area contributed by atoms with Crippen LogP contribution in [0, 0.1) is 0 Å². The lowest BCUT2D eigenvalue weighted by Crippen LogP contribution is -2.04. The van der Waals surface area contributed by atoms with Gasteiger partial charge in [-0.25, -0.2) is 4.79 Å². The maximum atomic E-state index is 11.7.